The molecule has 1 aliphatic heterocycles. The first kappa shape index (κ1) is 11.9. The van der Waals surface area contributed by atoms with E-state index in [-0.39, 0.29) is 5.91 Å². The predicted octanol–water partition coefficient (Wildman–Crippen LogP) is 2.53. The number of hydrogen-bond acceptors (Lipinski definition) is 3. The number of amides is 1. The number of hydrogen-bond donors (Lipinski definition) is 0. The van der Waals surface area contributed by atoms with Gasteiger partial charge in [-0.1, -0.05) is 29.8 Å². The van der Waals surface area contributed by atoms with Crippen molar-refractivity contribution in [3.05, 3.63) is 40.3 Å². The lowest BCUT2D eigenvalue weighted by molar-refractivity contribution is -0.121. The van der Waals surface area contributed by atoms with Crippen molar-refractivity contribution in [2.24, 2.45) is 4.99 Å². The highest BCUT2D eigenvalue weighted by atomic mass is 32.2. The number of benzene rings is 1. The van der Waals surface area contributed by atoms with Gasteiger partial charge in [-0.25, -0.2) is 0 Å². The predicted molar refractivity (Wildman–Crippen MR) is 72.9 cm³/mol. The summed E-state index contributed by atoms with van der Waals surface area (Å²) in [6, 6.07) is 8.10. The molecule has 0 N–H and O–H groups in total. The average Bonchev–Trinajstić information content (AvgIpc) is 2.60. The molecule has 0 saturated carbocycles. The van der Waals surface area contributed by atoms with Crippen LogP contribution in [0.25, 0.3) is 6.08 Å². The lowest BCUT2D eigenvalue weighted by Gasteiger charge is -2.05. The molecule has 0 unspecified atom stereocenters. The molecule has 2 rings (SSSR count). The van der Waals surface area contributed by atoms with E-state index in [1.165, 1.54) is 17.3 Å². The Kier molecular flexibility index (Phi) is 3.33. The Balaban J connectivity index is 2.30. The van der Waals surface area contributed by atoms with E-state index in [9.17, 15) is 4.79 Å². The van der Waals surface area contributed by atoms with Gasteiger partial charge < -0.3 is 0 Å². The van der Waals surface area contributed by atoms with Crippen LogP contribution in [0.2, 0.25) is 0 Å². The van der Waals surface area contributed by atoms with Gasteiger partial charge in [0.05, 0.1) is 4.91 Å². The summed E-state index contributed by atoms with van der Waals surface area (Å²) in [6.07, 6.45) is 1.90. The number of likely N-dealkylation sites (N-methyl/N-ethyl adjacent to an activating group) is 1. The van der Waals surface area contributed by atoms with Crippen LogP contribution < -0.4 is 0 Å². The van der Waals surface area contributed by atoms with Gasteiger partial charge in [0.2, 0.25) is 0 Å². The first-order chi connectivity index (χ1) is 8.11. The third-order valence-electron chi connectivity index (χ3n) is 2.57. The van der Waals surface area contributed by atoms with Crippen molar-refractivity contribution in [3.8, 4) is 0 Å². The largest absolute Gasteiger partial charge is 0.290 e. The zero-order valence-corrected chi connectivity index (χ0v) is 10.9. The highest BCUT2D eigenvalue weighted by molar-refractivity contribution is 8.18. The topological polar surface area (TPSA) is 32.7 Å². The number of thioether (sulfide) groups is 1. The molecule has 1 fully saturated rings. The molecule has 1 amide bonds. The maximum Gasteiger partial charge on any atom is 0.266 e. The second kappa shape index (κ2) is 4.75. The number of aliphatic imine (C=N–C) groups is 1. The second-order valence-corrected chi connectivity index (χ2v) is 4.90. The molecule has 1 aromatic carbocycles. The third kappa shape index (κ3) is 2.42. The number of aryl methyl sites for hydroxylation is 1. The fourth-order valence-electron chi connectivity index (χ4n) is 1.56. The van der Waals surface area contributed by atoms with E-state index >= 15 is 0 Å². The summed E-state index contributed by atoms with van der Waals surface area (Å²) in [6.45, 7) is 2.04. The molecule has 1 aromatic rings. The summed E-state index contributed by atoms with van der Waals surface area (Å²) in [4.78, 5) is 18.3. The van der Waals surface area contributed by atoms with Crippen LogP contribution in [-0.2, 0) is 4.79 Å². The van der Waals surface area contributed by atoms with Crippen LogP contribution in [0.5, 0.6) is 0 Å². The first-order valence-electron chi connectivity index (χ1n) is 5.33. The first-order valence-corrected chi connectivity index (χ1v) is 6.14. The summed E-state index contributed by atoms with van der Waals surface area (Å²) in [5.74, 6) is 0.0103. The van der Waals surface area contributed by atoms with Crippen LogP contribution in [-0.4, -0.2) is 30.1 Å². The van der Waals surface area contributed by atoms with E-state index in [0.717, 1.165) is 15.6 Å². The molecular formula is C13H14N2OS. The highest BCUT2D eigenvalue weighted by Gasteiger charge is 2.29. The van der Waals surface area contributed by atoms with E-state index in [2.05, 4.69) is 4.99 Å². The minimum absolute atomic E-state index is 0.0103. The fraction of sp³-hybridized carbons (Fsp3) is 0.231. The van der Waals surface area contributed by atoms with Gasteiger partial charge in [0.15, 0.2) is 5.17 Å². The molecule has 3 nitrogen and oxygen atoms in total. The van der Waals surface area contributed by atoms with Gasteiger partial charge in [0.25, 0.3) is 5.91 Å². The lowest BCUT2D eigenvalue weighted by atomic mass is 10.1. The summed E-state index contributed by atoms with van der Waals surface area (Å²) in [7, 11) is 3.44. The molecule has 1 saturated heterocycles. The Morgan fingerprint density at radius 3 is 2.47 bits per heavy atom. The van der Waals surface area contributed by atoms with Crippen LogP contribution in [0.15, 0.2) is 34.2 Å². The third-order valence-corrected chi connectivity index (χ3v) is 3.72. The molecule has 0 spiro atoms. The molecule has 0 atom stereocenters. The zero-order valence-electron chi connectivity index (χ0n) is 10.1. The maximum atomic E-state index is 11.9. The van der Waals surface area contributed by atoms with Gasteiger partial charge in [-0.05, 0) is 30.3 Å². The molecule has 88 valence electrons. The molecule has 0 radical (unpaired) electrons. The SMILES string of the molecule is CN=C1S/C(=C/c2ccc(C)cc2)C(=O)N1C. The molecule has 0 aliphatic carbocycles. The fourth-order valence-corrected chi connectivity index (χ4v) is 2.49. The van der Waals surface area contributed by atoms with Crippen molar-refractivity contribution in [2.75, 3.05) is 14.1 Å². The maximum absolute atomic E-state index is 11.9. The monoisotopic (exact) mass is 246 g/mol. The Morgan fingerprint density at radius 1 is 1.29 bits per heavy atom. The molecule has 17 heavy (non-hydrogen) atoms. The van der Waals surface area contributed by atoms with Crippen molar-refractivity contribution >= 4 is 28.9 Å². The molecule has 1 heterocycles. The van der Waals surface area contributed by atoms with E-state index in [1.54, 1.807) is 19.0 Å². The molecule has 0 bridgehead atoms. The van der Waals surface area contributed by atoms with Crippen molar-refractivity contribution < 1.29 is 4.79 Å². The number of carbonyl (C=O) groups is 1. The van der Waals surface area contributed by atoms with Gasteiger partial charge in [0.1, 0.15) is 0 Å². The molecular weight excluding hydrogens is 232 g/mol. The summed E-state index contributed by atoms with van der Waals surface area (Å²) in [5.41, 5.74) is 2.25. The highest BCUT2D eigenvalue weighted by Crippen LogP contribution is 2.31. The summed E-state index contributed by atoms with van der Waals surface area (Å²) >= 11 is 1.41. The van der Waals surface area contributed by atoms with Gasteiger partial charge >= 0.3 is 0 Å². The molecule has 1 aliphatic rings. The van der Waals surface area contributed by atoms with Crippen LogP contribution >= 0.6 is 11.8 Å². The Hall–Kier alpha value is -1.55. The Bertz CT molecular complexity index is 503. The number of rotatable bonds is 1. The van der Waals surface area contributed by atoms with Crippen LogP contribution in [0.3, 0.4) is 0 Å². The van der Waals surface area contributed by atoms with Gasteiger partial charge in [-0.2, -0.15) is 0 Å². The second-order valence-electron chi connectivity index (χ2n) is 3.89. The van der Waals surface area contributed by atoms with Gasteiger partial charge in [-0.3, -0.25) is 14.7 Å². The van der Waals surface area contributed by atoms with Crippen LogP contribution in [0, 0.1) is 6.92 Å². The van der Waals surface area contributed by atoms with E-state index < -0.39 is 0 Å². The standard InChI is InChI=1S/C13H14N2OS/c1-9-4-6-10(7-5-9)8-11-12(16)15(3)13(14-2)17-11/h4-8H,1-3H3/b11-8+,14-13?. The Labute approximate surface area is 105 Å². The minimum Gasteiger partial charge on any atom is -0.290 e. The smallest absolute Gasteiger partial charge is 0.266 e. The van der Waals surface area contributed by atoms with Gasteiger partial charge in [0, 0.05) is 14.1 Å². The quantitative estimate of drug-likeness (QED) is 0.713. The van der Waals surface area contributed by atoms with Crippen molar-refractivity contribution in [1.29, 1.82) is 0 Å². The number of amidine groups is 1. The summed E-state index contributed by atoms with van der Waals surface area (Å²) < 4.78 is 0. The van der Waals surface area contributed by atoms with Crippen molar-refractivity contribution in [1.82, 2.24) is 4.90 Å². The van der Waals surface area contributed by atoms with Crippen molar-refractivity contribution in [3.63, 3.8) is 0 Å². The molecule has 0 aromatic heterocycles. The molecule has 4 heteroatoms. The Morgan fingerprint density at radius 2 is 1.94 bits per heavy atom. The zero-order chi connectivity index (χ0) is 12.4. The minimum atomic E-state index is 0.0103. The van der Waals surface area contributed by atoms with Crippen LogP contribution in [0.1, 0.15) is 11.1 Å². The summed E-state index contributed by atoms with van der Waals surface area (Å²) in [5, 5.41) is 0.744. The number of carbonyl (C=O) groups excluding carboxylic acids is 1. The normalized spacial score (nSPS) is 20.6. The average molecular weight is 246 g/mol. The van der Waals surface area contributed by atoms with Crippen LogP contribution in [0.4, 0.5) is 0 Å². The van der Waals surface area contributed by atoms with E-state index in [4.69, 9.17) is 0 Å². The van der Waals surface area contributed by atoms with Gasteiger partial charge in [-0.15, -0.1) is 0 Å². The van der Waals surface area contributed by atoms with Crippen molar-refractivity contribution in [2.45, 2.75) is 6.92 Å². The lowest BCUT2D eigenvalue weighted by Crippen LogP contribution is -2.23. The number of nitrogens with zero attached hydrogens (tertiary/aromatic N) is 2. The van der Waals surface area contributed by atoms with E-state index in [1.807, 2.05) is 37.3 Å². The van der Waals surface area contributed by atoms with E-state index in [0.29, 0.717) is 0 Å².